The molecule has 0 atom stereocenters. The van der Waals surface area contributed by atoms with Gasteiger partial charge < -0.3 is 13.7 Å². The second-order valence-electron chi connectivity index (χ2n) is 15.2. The summed E-state index contributed by atoms with van der Waals surface area (Å²) in [4.78, 5) is 2.43. The first kappa shape index (κ1) is 30.8. The van der Waals surface area contributed by atoms with Crippen LogP contribution < -0.4 is 4.90 Å². The molecule has 55 heavy (non-hydrogen) atoms. The van der Waals surface area contributed by atoms with Gasteiger partial charge in [-0.15, -0.1) is 11.3 Å². The van der Waals surface area contributed by atoms with Crippen LogP contribution in [0.1, 0.15) is 25.0 Å². The first-order valence-corrected chi connectivity index (χ1v) is 19.7. The van der Waals surface area contributed by atoms with Crippen molar-refractivity contribution in [3.05, 3.63) is 175 Å². The molecular weight excluding hydrogens is 691 g/mol. The van der Waals surface area contributed by atoms with Crippen molar-refractivity contribution in [2.24, 2.45) is 0 Å². The molecule has 0 N–H and O–H groups in total. The number of anilines is 3. The Bertz CT molecular complexity index is 3360. The molecule has 0 spiro atoms. The Morgan fingerprint density at radius 3 is 1.93 bits per heavy atom. The third-order valence-electron chi connectivity index (χ3n) is 11.9. The van der Waals surface area contributed by atoms with Crippen LogP contribution in [-0.4, -0.2) is 0 Å². The molecule has 8 aromatic carbocycles. The van der Waals surface area contributed by atoms with Gasteiger partial charge in [0.15, 0.2) is 5.58 Å². The first-order valence-electron chi connectivity index (χ1n) is 18.8. The molecule has 4 heteroatoms. The third-order valence-corrected chi connectivity index (χ3v) is 13.0. The van der Waals surface area contributed by atoms with E-state index in [1.807, 2.05) is 17.4 Å². The van der Waals surface area contributed by atoms with Crippen LogP contribution in [0.2, 0.25) is 0 Å². The van der Waals surface area contributed by atoms with Gasteiger partial charge in [-0.25, -0.2) is 0 Å². The monoisotopic (exact) mass is 723 g/mol. The van der Waals surface area contributed by atoms with E-state index in [4.69, 9.17) is 8.83 Å². The van der Waals surface area contributed by atoms with Crippen LogP contribution in [0.4, 0.5) is 17.1 Å². The van der Waals surface area contributed by atoms with Crippen LogP contribution in [0, 0.1) is 0 Å². The van der Waals surface area contributed by atoms with E-state index in [1.165, 1.54) is 42.4 Å². The highest BCUT2D eigenvalue weighted by Crippen LogP contribution is 2.53. The molecule has 0 saturated heterocycles. The minimum Gasteiger partial charge on any atom is -0.455 e. The predicted octanol–water partition coefficient (Wildman–Crippen LogP) is 15.3. The Morgan fingerprint density at radius 1 is 0.455 bits per heavy atom. The molecule has 1 aliphatic carbocycles. The molecule has 1 aliphatic rings. The largest absolute Gasteiger partial charge is 0.455 e. The van der Waals surface area contributed by atoms with E-state index in [-0.39, 0.29) is 5.41 Å². The van der Waals surface area contributed by atoms with E-state index in [1.54, 1.807) is 0 Å². The normalized spacial score (nSPS) is 13.4. The summed E-state index contributed by atoms with van der Waals surface area (Å²) in [6.07, 6.45) is 0. The molecule has 11 aromatic rings. The Balaban J connectivity index is 1.12. The molecular formula is C51H33NO2S. The van der Waals surface area contributed by atoms with Crippen molar-refractivity contribution < 1.29 is 8.83 Å². The molecule has 0 bridgehead atoms. The quantitative estimate of drug-likeness (QED) is 0.181. The van der Waals surface area contributed by atoms with Crippen LogP contribution in [0.5, 0.6) is 0 Å². The summed E-state index contributed by atoms with van der Waals surface area (Å²) >= 11 is 1.84. The Labute approximate surface area is 321 Å². The van der Waals surface area contributed by atoms with Crippen LogP contribution in [-0.2, 0) is 5.41 Å². The standard InChI is InChI=1S/C51H33NO2S/c1-51(2)40-20-8-6-15-33(40)34-26-25-31(27-41(34)51)52(42-21-12-24-47-48(42)37-16-7-9-23-46(37)55-47)43-22-11-19-36-39-29-44-38(28-45(39)54-50(36)43)35-18-10-17-32(49(35)53-44)30-13-4-3-5-14-30/h3-29H,1-2H3. The number of fused-ring (bicyclic) bond motifs is 12. The Morgan fingerprint density at radius 2 is 1.07 bits per heavy atom. The maximum Gasteiger partial charge on any atom is 0.159 e. The van der Waals surface area contributed by atoms with Crippen molar-refractivity contribution >= 4 is 92.4 Å². The van der Waals surface area contributed by atoms with Gasteiger partial charge in [0.05, 0.1) is 11.4 Å². The highest BCUT2D eigenvalue weighted by molar-refractivity contribution is 7.26. The zero-order chi connectivity index (χ0) is 36.4. The summed E-state index contributed by atoms with van der Waals surface area (Å²) in [7, 11) is 0. The summed E-state index contributed by atoms with van der Waals surface area (Å²) in [5.74, 6) is 0. The van der Waals surface area contributed by atoms with Gasteiger partial charge in [-0.05, 0) is 76.3 Å². The molecule has 260 valence electrons. The Hall–Kier alpha value is -6.62. The molecule has 3 nitrogen and oxygen atoms in total. The Kier molecular flexibility index (Phi) is 6.27. The topological polar surface area (TPSA) is 29.5 Å². The lowest BCUT2D eigenvalue weighted by Gasteiger charge is -2.28. The predicted molar refractivity (Wildman–Crippen MR) is 232 cm³/mol. The van der Waals surface area contributed by atoms with Crippen molar-refractivity contribution in [1.29, 1.82) is 0 Å². The van der Waals surface area contributed by atoms with Gasteiger partial charge in [-0.2, -0.15) is 0 Å². The first-order chi connectivity index (χ1) is 27.0. The molecule has 3 aromatic heterocycles. The minimum atomic E-state index is -0.142. The van der Waals surface area contributed by atoms with E-state index in [0.29, 0.717) is 0 Å². The minimum absolute atomic E-state index is 0.142. The SMILES string of the molecule is CC1(C)c2ccccc2-c2ccc(N(c3cccc4c3oc3cc5c(cc34)oc3c(-c4ccccc4)cccc35)c3cccc4sc5ccccc5c34)cc21. The van der Waals surface area contributed by atoms with Crippen molar-refractivity contribution in [2.75, 3.05) is 4.90 Å². The van der Waals surface area contributed by atoms with Crippen LogP contribution in [0.15, 0.2) is 173 Å². The number of rotatable bonds is 4. The van der Waals surface area contributed by atoms with Crippen molar-refractivity contribution in [3.63, 3.8) is 0 Å². The molecule has 0 aliphatic heterocycles. The molecule has 12 rings (SSSR count). The summed E-state index contributed by atoms with van der Waals surface area (Å²) in [5, 5.41) is 6.73. The smallest absolute Gasteiger partial charge is 0.159 e. The van der Waals surface area contributed by atoms with Gasteiger partial charge >= 0.3 is 0 Å². The molecule has 3 heterocycles. The fraction of sp³-hybridized carbons (Fsp3) is 0.0588. The second kappa shape index (κ2) is 11.2. The lowest BCUT2D eigenvalue weighted by molar-refractivity contribution is 0.660. The number of hydrogen-bond donors (Lipinski definition) is 0. The lowest BCUT2D eigenvalue weighted by atomic mass is 9.82. The lowest BCUT2D eigenvalue weighted by Crippen LogP contribution is -2.16. The van der Waals surface area contributed by atoms with Crippen LogP contribution >= 0.6 is 11.3 Å². The van der Waals surface area contributed by atoms with E-state index < -0.39 is 0 Å². The van der Waals surface area contributed by atoms with Crippen molar-refractivity contribution in [1.82, 2.24) is 0 Å². The number of nitrogens with zero attached hydrogens (tertiary/aromatic N) is 1. The van der Waals surface area contributed by atoms with Gasteiger partial charge in [0.2, 0.25) is 0 Å². The summed E-state index contributed by atoms with van der Waals surface area (Å²) in [5.41, 5.74) is 14.1. The maximum absolute atomic E-state index is 7.03. The van der Waals surface area contributed by atoms with Crippen LogP contribution in [0.3, 0.4) is 0 Å². The highest BCUT2D eigenvalue weighted by Gasteiger charge is 2.36. The van der Waals surface area contributed by atoms with E-state index in [9.17, 15) is 0 Å². The zero-order valence-electron chi connectivity index (χ0n) is 30.3. The molecule has 0 unspecified atom stereocenters. The number of furan rings is 2. The summed E-state index contributed by atoms with van der Waals surface area (Å²) in [6.45, 7) is 4.70. The average Bonchev–Trinajstić information content (AvgIpc) is 3.96. The number of thiophene rings is 1. The van der Waals surface area contributed by atoms with Gasteiger partial charge in [-0.1, -0.05) is 129 Å². The highest BCUT2D eigenvalue weighted by atomic mass is 32.1. The number of benzene rings is 8. The third kappa shape index (κ3) is 4.31. The maximum atomic E-state index is 7.03. The molecule has 0 saturated carbocycles. The van der Waals surface area contributed by atoms with E-state index >= 15 is 0 Å². The van der Waals surface area contributed by atoms with Crippen molar-refractivity contribution in [3.8, 4) is 22.3 Å². The second-order valence-corrected chi connectivity index (χ2v) is 16.3. The van der Waals surface area contributed by atoms with E-state index in [0.717, 1.165) is 72.1 Å². The average molecular weight is 724 g/mol. The number of hydrogen-bond acceptors (Lipinski definition) is 4. The zero-order valence-corrected chi connectivity index (χ0v) is 31.1. The number of para-hydroxylation sites is 2. The van der Waals surface area contributed by atoms with Crippen LogP contribution in [0.25, 0.3) is 86.3 Å². The fourth-order valence-corrected chi connectivity index (χ4v) is 10.4. The molecule has 0 fully saturated rings. The van der Waals surface area contributed by atoms with Gasteiger partial charge in [-0.3, -0.25) is 0 Å². The fourth-order valence-electron chi connectivity index (χ4n) is 9.28. The molecule has 0 amide bonds. The molecule has 0 radical (unpaired) electrons. The van der Waals surface area contributed by atoms with Gasteiger partial charge in [0.1, 0.15) is 16.7 Å². The van der Waals surface area contributed by atoms with Gasteiger partial charge in [0, 0.05) is 58.4 Å². The van der Waals surface area contributed by atoms with Crippen molar-refractivity contribution in [2.45, 2.75) is 19.3 Å². The summed E-state index contributed by atoms with van der Waals surface area (Å²) in [6, 6.07) is 59.1. The van der Waals surface area contributed by atoms with Gasteiger partial charge in [0.25, 0.3) is 0 Å². The summed E-state index contributed by atoms with van der Waals surface area (Å²) < 4.78 is 16.3. The van der Waals surface area contributed by atoms with E-state index in [2.05, 4.69) is 176 Å².